The van der Waals surface area contributed by atoms with Crippen molar-refractivity contribution in [1.82, 2.24) is 5.32 Å². The molecule has 1 aromatic carbocycles. The van der Waals surface area contributed by atoms with Crippen molar-refractivity contribution in [1.29, 1.82) is 0 Å². The van der Waals surface area contributed by atoms with E-state index in [0.29, 0.717) is 0 Å². The molecule has 0 saturated carbocycles. The van der Waals surface area contributed by atoms with Gasteiger partial charge in [0, 0.05) is 0 Å². The third-order valence-electron chi connectivity index (χ3n) is 4.22. The van der Waals surface area contributed by atoms with Crippen LogP contribution in [-0.4, -0.2) is 19.7 Å². The van der Waals surface area contributed by atoms with Crippen molar-refractivity contribution in [3.63, 3.8) is 0 Å². The monoisotopic (exact) mass is 311 g/mol. The molecule has 21 heavy (non-hydrogen) atoms. The molecule has 1 saturated heterocycles. The molecule has 1 unspecified atom stereocenters. The van der Waals surface area contributed by atoms with Gasteiger partial charge >= 0.3 is 0 Å². The van der Waals surface area contributed by atoms with Crippen LogP contribution in [0, 0.1) is 12.8 Å². The zero-order chi connectivity index (χ0) is 14.6. The number of halogens is 1. The van der Waals surface area contributed by atoms with Crippen molar-refractivity contribution in [2.24, 2.45) is 5.92 Å². The van der Waals surface area contributed by atoms with Gasteiger partial charge in [-0.3, -0.25) is 0 Å². The van der Waals surface area contributed by atoms with Crippen LogP contribution in [0.4, 0.5) is 0 Å². The number of aryl methyl sites for hydroxylation is 1. The van der Waals surface area contributed by atoms with E-state index in [0.717, 1.165) is 31.2 Å². The molecule has 0 aromatic heterocycles. The molecule has 120 valence electrons. The molecular weight excluding hydrogens is 282 g/mol. The number of piperidine rings is 1. The number of nitrogens with one attached hydrogen (secondary N) is 1. The molecule has 1 aliphatic rings. The van der Waals surface area contributed by atoms with Gasteiger partial charge in [0.05, 0.1) is 6.61 Å². The third kappa shape index (κ3) is 5.52. The summed E-state index contributed by atoms with van der Waals surface area (Å²) >= 11 is 0. The first-order chi connectivity index (χ1) is 9.47. The highest BCUT2D eigenvalue weighted by molar-refractivity contribution is 5.85. The van der Waals surface area contributed by atoms with E-state index >= 15 is 0 Å². The average molecular weight is 312 g/mol. The van der Waals surface area contributed by atoms with Crippen LogP contribution in [0.1, 0.15) is 51.2 Å². The molecule has 2 rings (SSSR count). The summed E-state index contributed by atoms with van der Waals surface area (Å²) in [5.74, 6) is 1.83. The smallest absolute Gasteiger partial charge is 0.122 e. The van der Waals surface area contributed by atoms with Crippen molar-refractivity contribution >= 4 is 12.4 Å². The summed E-state index contributed by atoms with van der Waals surface area (Å²) in [6.07, 6.45) is 3.82. The fourth-order valence-corrected chi connectivity index (χ4v) is 2.78. The van der Waals surface area contributed by atoms with E-state index in [-0.39, 0.29) is 17.8 Å². The molecule has 1 fully saturated rings. The van der Waals surface area contributed by atoms with Gasteiger partial charge in [0.2, 0.25) is 0 Å². The quantitative estimate of drug-likeness (QED) is 0.885. The second-order valence-electron chi connectivity index (χ2n) is 7.08. The van der Waals surface area contributed by atoms with Crippen LogP contribution in [0.15, 0.2) is 18.2 Å². The lowest BCUT2D eigenvalue weighted by atomic mass is 9.86. The van der Waals surface area contributed by atoms with Crippen molar-refractivity contribution in [3.05, 3.63) is 29.3 Å². The SMILES string of the molecule is Cc1cc(C(C)(C)C)ccc1OCCC1CCCNC1.Cl. The van der Waals surface area contributed by atoms with E-state index in [9.17, 15) is 0 Å². The first kappa shape index (κ1) is 18.3. The number of rotatable bonds is 4. The predicted octanol–water partition coefficient (Wildman–Crippen LogP) is 4.48. The maximum atomic E-state index is 5.98. The minimum Gasteiger partial charge on any atom is -0.493 e. The van der Waals surface area contributed by atoms with Crippen LogP contribution in [-0.2, 0) is 5.41 Å². The minimum atomic E-state index is 0. The Kier molecular flexibility index (Phi) is 7.02. The van der Waals surface area contributed by atoms with E-state index in [1.165, 1.54) is 30.5 Å². The lowest BCUT2D eigenvalue weighted by Gasteiger charge is -2.23. The minimum absolute atomic E-state index is 0. The fourth-order valence-electron chi connectivity index (χ4n) is 2.78. The van der Waals surface area contributed by atoms with Crippen molar-refractivity contribution in [3.8, 4) is 5.75 Å². The molecular formula is C18H30ClNO. The van der Waals surface area contributed by atoms with Crippen LogP contribution in [0.2, 0.25) is 0 Å². The average Bonchev–Trinajstić information content (AvgIpc) is 2.40. The Hall–Kier alpha value is -0.730. The van der Waals surface area contributed by atoms with Gasteiger partial charge in [0.25, 0.3) is 0 Å². The summed E-state index contributed by atoms with van der Waals surface area (Å²) in [5.41, 5.74) is 2.83. The molecule has 1 aromatic rings. The summed E-state index contributed by atoms with van der Waals surface area (Å²) in [7, 11) is 0. The van der Waals surface area contributed by atoms with Gasteiger partial charge in [-0.1, -0.05) is 32.9 Å². The predicted molar refractivity (Wildman–Crippen MR) is 92.8 cm³/mol. The molecule has 0 spiro atoms. The molecule has 0 amide bonds. The second kappa shape index (κ2) is 8.05. The maximum absolute atomic E-state index is 5.98. The normalized spacial score (nSPS) is 19.0. The van der Waals surface area contributed by atoms with Gasteiger partial charge in [-0.05, 0) is 67.8 Å². The summed E-state index contributed by atoms with van der Waals surface area (Å²) in [6.45, 7) is 12.1. The van der Waals surface area contributed by atoms with Gasteiger partial charge in [-0.2, -0.15) is 0 Å². The largest absolute Gasteiger partial charge is 0.493 e. The molecule has 3 heteroatoms. The van der Waals surface area contributed by atoms with Gasteiger partial charge in [0.15, 0.2) is 0 Å². The number of ether oxygens (including phenoxy) is 1. The summed E-state index contributed by atoms with van der Waals surface area (Å²) in [5, 5.41) is 3.46. The Labute approximate surface area is 136 Å². The number of benzene rings is 1. The third-order valence-corrected chi connectivity index (χ3v) is 4.22. The van der Waals surface area contributed by atoms with Crippen molar-refractivity contribution in [2.45, 2.75) is 52.4 Å². The van der Waals surface area contributed by atoms with Gasteiger partial charge < -0.3 is 10.1 Å². The van der Waals surface area contributed by atoms with E-state index in [1.54, 1.807) is 0 Å². The van der Waals surface area contributed by atoms with Crippen LogP contribution in [0.25, 0.3) is 0 Å². The molecule has 1 atom stereocenters. The van der Waals surface area contributed by atoms with E-state index in [1.807, 2.05) is 0 Å². The van der Waals surface area contributed by atoms with Crippen LogP contribution >= 0.6 is 12.4 Å². The van der Waals surface area contributed by atoms with Gasteiger partial charge in [0.1, 0.15) is 5.75 Å². The first-order valence-electron chi connectivity index (χ1n) is 7.91. The molecule has 0 radical (unpaired) electrons. The Morgan fingerprint density at radius 2 is 2.05 bits per heavy atom. The Morgan fingerprint density at radius 1 is 1.29 bits per heavy atom. The lowest BCUT2D eigenvalue weighted by molar-refractivity contribution is 0.253. The van der Waals surface area contributed by atoms with Crippen LogP contribution in [0.3, 0.4) is 0 Å². The van der Waals surface area contributed by atoms with Crippen LogP contribution < -0.4 is 10.1 Å². The molecule has 1 N–H and O–H groups in total. The topological polar surface area (TPSA) is 21.3 Å². The summed E-state index contributed by atoms with van der Waals surface area (Å²) in [4.78, 5) is 0. The van der Waals surface area contributed by atoms with E-state index in [2.05, 4.69) is 51.2 Å². The number of hydrogen-bond donors (Lipinski definition) is 1. The van der Waals surface area contributed by atoms with Crippen molar-refractivity contribution in [2.75, 3.05) is 19.7 Å². The molecule has 1 aliphatic heterocycles. The molecule has 1 heterocycles. The van der Waals surface area contributed by atoms with E-state index in [4.69, 9.17) is 4.74 Å². The zero-order valence-electron chi connectivity index (χ0n) is 13.9. The Morgan fingerprint density at radius 3 is 2.62 bits per heavy atom. The Balaban J connectivity index is 0.00000220. The highest BCUT2D eigenvalue weighted by atomic mass is 35.5. The molecule has 0 aliphatic carbocycles. The highest BCUT2D eigenvalue weighted by Gasteiger charge is 2.15. The molecule has 2 nitrogen and oxygen atoms in total. The lowest BCUT2D eigenvalue weighted by Crippen LogP contribution is -2.30. The zero-order valence-corrected chi connectivity index (χ0v) is 14.7. The maximum Gasteiger partial charge on any atom is 0.122 e. The van der Waals surface area contributed by atoms with Gasteiger partial charge in [-0.25, -0.2) is 0 Å². The number of hydrogen-bond acceptors (Lipinski definition) is 2. The summed E-state index contributed by atoms with van der Waals surface area (Å²) in [6, 6.07) is 6.59. The first-order valence-corrected chi connectivity index (χ1v) is 7.91. The van der Waals surface area contributed by atoms with Crippen molar-refractivity contribution < 1.29 is 4.74 Å². The standard InChI is InChI=1S/C18H29NO.ClH/c1-14-12-16(18(2,3)4)7-8-17(14)20-11-9-15-6-5-10-19-13-15;/h7-8,12,15,19H,5-6,9-11,13H2,1-4H3;1H. The second-order valence-corrected chi connectivity index (χ2v) is 7.08. The van der Waals surface area contributed by atoms with E-state index < -0.39 is 0 Å². The molecule has 0 bridgehead atoms. The fraction of sp³-hybridized carbons (Fsp3) is 0.667. The van der Waals surface area contributed by atoms with Gasteiger partial charge in [-0.15, -0.1) is 12.4 Å². The van der Waals surface area contributed by atoms with Crippen LogP contribution in [0.5, 0.6) is 5.75 Å². The summed E-state index contributed by atoms with van der Waals surface area (Å²) < 4.78 is 5.98. The Bertz CT molecular complexity index is 433. The highest BCUT2D eigenvalue weighted by Crippen LogP contribution is 2.27.